The highest BCUT2D eigenvalue weighted by atomic mass is 32.2. The SMILES string of the molecule is CC(C)CCC1CC1(C(=O)O)c1ccc(S(C)(=O)=O)cc1. The molecule has 2 unspecified atom stereocenters. The van der Waals surface area contributed by atoms with Crippen LogP contribution in [0.15, 0.2) is 29.2 Å². The molecule has 0 spiro atoms. The van der Waals surface area contributed by atoms with Crippen LogP contribution in [-0.4, -0.2) is 25.7 Å². The van der Waals surface area contributed by atoms with Crippen molar-refractivity contribution in [3.63, 3.8) is 0 Å². The molecule has 21 heavy (non-hydrogen) atoms. The molecule has 4 nitrogen and oxygen atoms in total. The van der Waals surface area contributed by atoms with Crippen molar-refractivity contribution in [3.8, 4) is 0 Å². The van der Waals surface area contributed by atoms with Crippen LogP contribution in [0.1, 0.15) is 38.7 Å². The van der Waals surface area contributed by atoms with E-state index >= 15 is 0 Å². The molecule has 1 aliphatic carbocycles. The van der Waals surface area contributed by atoms with Gasteiger partial charge in [0.15, 0.2) is 9.84 Å². The molecule has 0 aromatic heterocycles. The molecule has 1 N–H and O–H groups in total. The van der Waals surface area contributed by atoms with Crippen molar-refractivity contribution in [2.75, 3.05) is 6.26 Å². The van der Waals surface area contributed by atoms with E-state index in [1.165, 1.54) is 12.1 Å². The maximum Gasteiger partial charge on any atom is 0.314 e. The predicted octanol–water partition coefficient (Wildman–Crippen LogP) is 2.87. The summed E-state index contributed by atoms with van der Waals surface area (Å²) in [6.45, 7) is 4.26. The molecule has 1 aromatic carbocycles. The van der Waals surface area contributed by atoms with Crippen LogP contribution in [-0.2, 0) is 20.0 Å². The summed E-state index contributed by atoms with van der Waals surface area (Å²) < 4.78 is 22.9. The molecule has 0 aliphatic heterocycles. The van der Waals surface area contributed by atoms with Crippen LogP contribution in [0.3, 0.4) is 0 Å². The second kappa shape index (κ2) is 5.44. The highest BCUT2D eigenvalue weighted by molar-refractivity contribution is 7.90. The first kappa shape index (κ1) is 16.0. The number of benzene rings is 1. The third-order valence-electron chi connectivity index (χ3n) is 4.38. The van der Waals surface area contributed by atoms with Gasteiger partial charge in [-0.2, -0.15) is 0 Å². The highest BCUT2D eigenvalue weighted by Gasteiger charge is 2.60. The van der Waals surface area contributed by atoms with E-state index < -0.39 is 21.2 Å². The van der Waals surface area contributed by atoms with Gasteiger partial charge in [-0.25, -0.2) is 8.42 Å². The molecule has 5 heteroatoms. The van der Waals surface area contributed by atoms with E-state index in [-0.39, 0.29) is 10.8 Å². The molecular weight excluding hydrogens is 288 g/mol. The highest BCUT2D eigenvalue weighted by Crippen LogP contribution is 2.57. The van der Waals surface area contributed by atoms with Gasteiger partial charge in [0, 0.05) is 6.26 Å². The van der Waals surface area contributed by atoms with Crippen LogP contribution in [0, 0.1) is 11.8 Å². The summed E-state index contributed by atoms with van der Waals surface area (Å²) in [4.78, 5) is 11.9. The van der Waals surface area contributed by atoms with E-state index in [2.05, 4.69) is 13.8 Å². The number of sulfone groups is 1. The molecule has 2 rings (SSSR count). The molecule has 0 radical (unpaired) electrons. The van der Waals surface area contributed by atoms with Crippen LogP contribution in [0.5, 0.6) is 0 Å². The van der Waals surface area contributed by atoms with E-state index in [4.69, 9.17) is 0 Å². The number of hydrogen-bond donors (Lipinski definition) is 1. The third kappa shape index (κ3) is 3.12. The Labute approximate surface area is 126 Å². The molecule has 2 atom stereocenters. The van der Waals surface area contributed by atoms with Crippen molar-refractivity contribution in [1.82, 2.24) is 0 Å². The van der Waals surface area contributed by atoms with Gasteiger partial charge < -0.3 is 5.11 Å². The molecule has 1 saturated carbocycles. The van der Waals surface area contributed by atoms with Crippen LogP contribution >= 0.6 is 0 Å². The maximum absolute atomic E-state index is 11.7. The largest absolute Gasteiger partial charge is 0.481 e. The van der Waals surface area contributed by atoms with Crippen molar-refractivity contribution in [1.29, 1.82) is 0 Å². The minimum absolute atomic E-state index is 0.154. The van der Waals surface area contributed by atoms with Crippen LogP contribution in [0.2, 0.25) is 0 Å². The summed E-state index contributed by atoms with van der Waals surface area (Å²) in [7, 11) is -3.25. The smallest absolute Gasteiger partial charge is 0.314 e. The monoisotopic (exact) mass is 310 g/mol. The van der Waals surface area contributed by atoms with Crippen molar-refractivity contribution in [2.45, 2.75) is 43.4 Å². The van der Waals surface area contributed by atoms with E-state index in [0.29, 0.717) is 12.3 Å². The molecule has 1 aliphatic rings. The number of aliphatic carboxylic acids is 1. The second-order valence-electron chi connectivity index (χ2n) is 6.45. The van der Waals surface area contributed by atoms with Gasteiger partial charge in [-0.1, -0.05) is 32.4 Å². The summed E-state index contributed by atoms with van der Waals surface area (Å²) in [5.74, 6) is -0.0884. The first-order valence-electron chi connectivity index (χ1n) is 7.22. The number of carboxylic acid groups (broad SMARTS) is 1. The zero-order valence-corrected chi connectivity index (χ0v) is 13.5. The van der Waals surface area contributed by atoms with Gasteiger partial charge in [-0.3, -0.25) is 4.79 Å². The molecule has 0 amide bonds. The average Bonchev–Trinajstić information content (AvgIpc) is 3.11. The van der Waals surface area contributed by atoms with Crippen molar-refractivity contribution < 1.29 is 18.3 Å². The Kier molecular flexibility index (Phi) is 4.15. The second-order valence-corrected chi connectivity index (χ2v) is 8.46. The van der Waals surface area contributed by atoms with Gasteiger partial charge in [0.05, 0.1) is 10.3 Å². The quantitative estimate of drug-likeness (QED) is 0.877. The Morgan fingerprint density at radius 3 is 2.33 bits per heavy atom. The minimum atomic E-state index is -3.25. The average molecular weight is 310 g/mol. The first-order chi connectivity index (χ1) is 9.68. The van der Waals surface area contributed by atoms with Gasteiger partial charge >= 0.3 is 5.97 Å². The molecule has 116 valence electrons. The summed E-state index contributed by atoms with van der Waals surface area (Å²) >= 11 is 0. The fourth-order valence-corrected chi connectivity index (χ4v) is 3.58. The van der Waals surface area contributed by atoms with Gasteiger partial charge in [0.2, 0.25) is 0 Å². The van der Waals surface area contributed by atoms with Crippen LogP contribution < -0.4 is 0 Å². The zero-order chi connectivity index (χ0) is 15.8. The predicted molar refractivity (Wildman–Crippen MR) is 81.0 cm³/mol. The van der Waals surface area contributed by atoms with Gasteiger partial charge in [0.25, 0.3) is 0 Å². The van der Waals surface area contributed by atoms with Gasteiger partial charge in [0.1, 0.15) is 0 Å². The topological polar surface area (TPSA) is 71.4 Å². The lowest BCUT2D eigenvalue weighted by molar-refractivity contribution is -0.140. The zero-order valence-electron chi connectivity index (χ0n) is 12.7. The molecule has 0 heterocycles. The normalized spacial score (nSPS) is 25.0. The minimum Gasteiger partial charge on any atom is -0.481 e. The third-order valence-corrected chi connectivity index (χ3v) is 5.51. The van der Waals surface area contributed by atoms with E-state index in [9.17, 15) is 18.3 Å². The fraction of sp³-hybridized carbons (Fsp3) is 0.562. The molecule has 1 fully saturated rings. The van der Waals surface area contributed by atoms with Gasteiger partial charge in [-0.05, 0) is 42.4 Å². The lowest BCUT2D eigenvalue weighted by Crippen LogP contribution is -2.22. The maximum atomic E-state index is 11.7. The fourth-order valence-electron chi connectivity index (χ4n) is 2.95. The van der Waals surface area contributed by atoms with Crippen LogP contribution in [0.25, 0.3) is 0 Å². The number of rotatable bonds is 6. The molecule has 0 saturated heterocycles. The molecular formula is C16H22O4S. The lowest BCUT2D eigenvalue weighted by atomic mass is 9.91. The Balaban J connectivity index is 2.24. The van der Waals surface area contributed by atoms with E-state index in [1.807, 2.05) is 0 Å². The number of hydrogen-bond acceptors (Lipinski definition) is 3. The summed E-state index contributed by atoms with van der Waals surface area (Å²) in [6, 6.07) is 6.32. The Morgan fingerprint density at radius 1 is 1.33 bits per heavy atom. The molecule has 1 aromatic rings. The summed E-state index contributed by atoms with van der Waals surface area (Å²) in [5, 5.41) is 9.60. The Bertz CT molecular complexity index is 631. The number of carbonyl (C=O) groups is 1. The van der Waals surface area contributed by atoms with Gasteiger partial charge in [-0.15, -0.1) is 0 Å². The van der Waals surface area contributed by atoms with E-state index in [0.717, 1.165) is 24.7 Å². The van der Waals surface area contributed by atoms with Crippen molar-refractivity contribution >= 4 is 15.8 Å². The first-order valence-corrected chi connectivity index (χ1v) is 9.11. The number of carboxylic acids is 1. The lowest BCUT2D eigenvalue weighted by Gasteiger charge is -2.14. The summed E-state index contributed by atoms with van der Waals surface area (Å²) in [5.41, 5.74) is -0.0959. The standard InChI is InChI=1S/C16H22O4S/c1-11(2)4-5-13-10-16(13,15(17)18)12-6-8-14(9-7-12)21(3,19)20/h6-9,11,13H,4-5,10H2,1-3H3,(H,17,18). The van der Waals surface area contributed by atoms with Crippen molar-refractivity contribution in [3.05, 3.63) is 29.8 Å². The van der Waals surface area contributed by atoms with Crippen LogP contribution in [0.4, 0.5) is 0 Å². The van der Waals surface area contributed by atoms with E-state index in [1.54, 1.807) is 12.1 Å². The summed E-state index contributed by atoms with van der Waals surface area (Å²) in [6.07, 6.45) is 3.71. The molecule has 0 bridgehead atoms. The Morgan fingerprint density at radius 2 is 1.90 bits per heavy atom. The van der Waals surface area contributed by atoms with Crippen molar-refractivity contribution in [2.24, 2.45) is 11.8 Å². The Hall–Kier alpha value is -1.36.